The molecule has 0 bridgehead atoms. The largest absolute Gasteiger partial charge is 0.324 e. The molecule has 3 nitrogen and oxygen atoms in total. The first-order valence-electron chi connectivity index (χ1n) is 4.74. The highest BCUT2D eigenvalue weighted by atomic mass is 35.5. The number of nitrogens with two attached hydrogens (primary N) is 1. The van der Waals surface area contributed by atoms with Crippen molar-refractivity contribution in [3.05, 3.63) is 47.2 Å². The Kier molecular flexibility index (Phi) is 2.75. The van der Waals surface area contributed by atoms with Crippen LogP contribution in [0.1, 0.15) is 18.5 Å². The molecule has 0 aliphatic heterocycles. The van der Waals surface area contributed by atoms with Gasteiger partial charge in [-0.15, -0.1) is 0 Å². The van der Waals surface area contributed by atoms with Crippen molar-refractivity contribution in [1.82, 2.24) is 9.78 Å². The van der Waals surface area contributed by atoms with Crippen molar-refractivity contribution < 1.29 is 0 Å². The van der Waals surface area contributed by atoms with Crippen molar-refractivity contribution >= 4 is 11.6 Å². The number of nitrogens with zero attached hydrogens (tertiary/aromatic N) is 2. The highest BCUT2D eigenvalue weighted by Crippen LogP contribution is 2.17. The number of rotatable bonds is 2. The Morgan fingerprint density at radius 3 is 2.40 bits per heavy atom. The number of hydrogen-bond donors (Lipinski definition) is 1. The maximum atomic E-state index is 5.95. The molecule has 1 heterocycles. The molecule has 0 spiro atoms. The van der Waals surface area contributed by atoms with Crippen LogP contribution in [0.3, 0.4) is 0 Å². The summed E-state index contributed by atoms with van der Waals surface area (Å²) in [6, 6.07) is 9.68. The molecule has 2 N–H and O–H groups in total. The second-order valence-corrected chi connectivity index (χ2v) is 3.83. The molecule has 0 radical (unpaired) electrons. The molecule has 0 fully saturated rings. The van der Waals surface area contributed by atoms with Crippen molar-refractivity contribution in [3.8, 4) is 5.69 Å². The quantitative estimate of drug-likeness (QED) is 0.847. The number of benzene rings is 1. The first-order valence-corrected chi connectivity index (χ1v) is 5.12. The molecule has 0 aliphatic carbocycles. The van der Waals surface area contributed by atoms with Crippen LogP contribution in [-0.2, 0) is 0 Å². The summed E-state index contributed by atoms with van der Waals surface area (Å²) < 4.78 is 1.67. The molecular weight excluding hydrogens is 210 g/mol. The molecular formula is C11H12ClN3. The average molecular weight is 222 g/mol. The predicted molar refractivity (Wildman–Crippen MR) is 61.2 cm³/mol. The lowest BCUT2D eigenvalue weighted by molar-refractivity contribution is 0.814. The first-order chi connectivity index (χ1) is 7.18. The van der Waals surface area contributed by atoms with Gasteiger partial charge >= 0.3 is 0 Å². The van der Waals surface area contributed by atoms with Crippen LogP contribution in [0.15, 0.2) is 36.5 Å². The van der Waals surface area contributed by atoms with Gasteiger partial charge in [0, 0.05) is 6.04 Å². The lowest BCUT2D eigenvalue weighted by Crippen LogP contribution is -2.05. The molecule has 1 atom stereocenters. The van der Waals surface area contributed by atoms with Crippen LogP contribution in [-0.4, -0.2) is 9.78 Å². The van der Waals surface area contributed by atoms with Gasteiger partial charge in [0.05, 0.1) is 11.9 Å². The summed E-state index contributed by atoms with van der Waals surface area (Å²) in [5.74, 6) is 0. The zero-order chi connectivity index (χ0) is 10.8. The molecule has 0 saturated carbocycles. The maximum Gasteiger partial charge on any atom is 0.132 e. The van der Waals surface area contributed by atoms with Gasteiger partial charge in [-0.3, -0.25) is 0 Å². The Hall–Kier alpha value is -1.32. The topological polar surface area (TPSA) is 43.8 Å². The van der Waals surface area contributed by atoms with E-state index in [1.807, 2.05) is 31.2 Å². The minimum absolute atomic E-state index is 0.0483. The van der Waals surface area contributed by atoms with Gasteiger partial charge in [-0.25, -0.2) is 4.68 Å². The Bertz CT molecular complexity index is 445. The standard InChI is InChI=1S/C11H12ClN3/c1-8(13)9-2-4-10(5-3-9)15-11(12)6-7-14-15/h2-8H,13H2,1H3. The van der Waals surface area contributed by atoms with E-state index in [4.69, 9.17) is 17.3 Å². The van der Waals surface area contributed by atoms with Crippen LogP contribution in [0.2, 0.25) is 5.15 Å². The zero-order valence-corrected chi connectivity index (χ0v) is 9.15. The summed E-state index contributed by atoms with van der Waals surface area (Å²) in [7, 11) is 0. The SMILES string of the molecule is CC(N)c1ccc(-n2nccc2Cl)cc1. The van der Waals surface area contributed by atoms with Crippen molar-refractivity contribution in [2.24, 2.45) is 5.73 Å². The van der Waals surface area contributed by atoms with Crippen LogP contribution in [0, 0.1) is 0 Å². The summed E-state index contributed by atoms with van der Waals surface area (Å²) in [5.41, 5.74) is 7.80. The van der Waals surface area contributed by atoms with Crippen LogP contribution in [0.5, 0.6) is 0 Å². The van der Waals surface area contributed by atoms with Crippen LogP contribution < -0.4 is 5.73 Å². The Morgan fingerprint density at radius 1 is 1.27 bits per heavy atom. The van der Waals surface area contributed by atoms with Crippen LogP contribution >= 0.6 is 11.6 Å². The van der Waals surface area contributed by atoms with E-state index in [9.17, 15) is 0 Å². The van der Waals surface area contributed by atoms with Crippen molar-refractivity contribution in [2.75, 3.05) is 0 Å². The normalized spacial score (nSPS) is 12.7. The first kappa shape index (κ1) is 10.2. The van der Waals surface area contributed by atoms with Gasteiger partial charge in [0.1, 0.15) is 5.15 Å². The number of halogens is 1. The van der Waals surface area contributed by atoms with E-state index in [0.29, 0.717) is 5.15 Å². The zero-order valence-electron chi connectivity index (χ0n) is 8.39. The van der Waals surface area contributed by atoms with E-state index in [0.717, 1.165) is 11.3 Å². The smallest absolute Gasteiger partial charge is 0.132 e. The van der Waals surface area contributed by atoms with Gasteiger partial charge in [0.2, 0.25) is 0 Å². The van der Waals surface area contributed by atoms with E-state index in [1.165, 1.54) is 0 Å². The van der Waals surface area contributed by atoms with Crippen molar-refractivity contribution in [3.63, 3.8) is 0 Å². The van der Waals surface area contributed by atoms with Gasteiger partial charge in [-0.2, -0.15) is 5.10 Å². The van der Waals surface area contributed by atoms with Crippen LogP contribution in [0.25, 0.3) is 5.69 Å². The molecule has 1 aromatic carbocycles. The minimum atomic E-state index is 0.0483. The third kappa shape index (κ3) is 2.03. The molecule has 0 amide bonds. The molecule has 0 aliphatic rings. The summed E-state index contributed by atoms with van der Waals surface area (Å²) in [4.78, 5) is 0. The summed E-state index contributed by atoms with van der Waals surface area (Å²) in [6.07, 6.45) is 1.67. The lowest BCUT2D eigenvalue weighted by atomic mass is 10.1. The van der Waals surface area contributed by atoms with Gasteiger partial charge in [0.25, 0.3) is 0 Å². The second-order valence-electron chi connectivity index (χ2n) is 3.45. The Labute approximate surface area is 93.5 Å². The van der Waals surface area contributed by atoms with Gasteiger partial charge < -0.3 is 5.73 Å². The van der Waals surface area contributed by atoms with Gasteiger partial charge in [0.15, 0.2) is 0 Å². The number of aromatic nitrogens is 2. The van der Waals surface area contributed by atoms with Crippen molar-refractivity contribution in [2.45, 2.75) is 13.0 Å². The molecule has 1 aromatic heterocycles. The fourth-order valence-electron chi connectivity index (χ4n) is 1.40. The third-order valence-electron chi connectivity index (χ3n) is 2.26. The Balaban J connectivity index is 2.36. The Morgan fingerprint density at radius 2 is 1.93 bits per heavy atom. The van der Waals surface area contributed by atoms with E-state index in [1.54, 1.807) is 16.9 Å². The maximum absolute atomic E-state index is 5.95. The molecule has 0 saturated heterocycles. The van der Waals surface area contributed by atoms with E-state index in [2.05, 4.69) is 5.10 Å². The second kappa shape index (κ2) is 4.04. The van der Waals surface area contributed by atoms with E-state index in [-0.39, 0.29) is 6.04 Å². The molecule has 2 rings (SSSR count). The van der Waals surface area contributed by atoms with Crippen molar-refractivity contribution in [1.29, 1.82) is 0 Å². The minimum Gasteiger partial charge on any atom is -0.324 e. The number of hydrogen-bond acceptors (Lipinski definition) is 2. The fourth-order valence-corrected chi connectivity index (χ4v) is 1.59. The van der Waals surface area contributed by atoms with E-state index < -0.39 is 0 Å². The summed E-state index contributed by atoms with van der Waals surface area (Å²) >= 11 is 5.95. The van der Waals surface area contributed by atoms with Gasteiger partial charge in [-0.1, -0.05) is 23.7 Å². The molecule has 1 unspecified atom stereocenters. The van der Waals surface area contributed by atoms with E-state index >= 15 is 0 Å². The summed E-state index contributed by atoms with van der Waals surface area (Å²) in [5, 5.41) is 4.71. The third-order valence-corrected chi connectivity index (χ3v) is 2.55. The molecule has 2 aromatic rings. The molecule has 78 valence electrons. The molecule has 4 heteroatoms. The summed E-state index contributed by atoms with van der Waals surface area (Å²) in [6.45, 7) is 1.95. The fraction of sp³-hybridized carbons (Fsp3) is 0.182. The highest BCUT2D eigenvalue weighted by Gasteiger charge is 2.03. The predicted octanol–water partition coefficient (Wildman–Crippen LogP) is 2.55. The lowest BCUT2D eigenvalue weighted by Gasteiger charge is -2.07. The van der Waals surface area contributed by atoms with Gasteiger partial charge in [-0.05, 0) is 30.7 Å². The van der Waals surface area contributed by atoms with Crippen LogP contribution in [0.4, 0.5) is 0 Å². The highest BCUT2D eigenvalue weighted by molar-refractivity contribution is 6.29. The average Bonchev–Trinajstić information content (AvgIpc) is 2.65. The monoisotopic (exact) mass is 221 g/mol. The molecule has 15 heavy (non-hydrogen) atoms.